The third-order valence-corrected chi connectivity index (χ3v) is 7.19. The Hall–Kier alpha value is -1.64. The second-order valence-corrected chi connectivity index (χ2v) is 9.62. The van der Waals surface area contributed by atoms with Crippen LogP contribution in [-0.4, -0.2) is 72.7 Å². The van der Waals surface area contributed by atoms with E-state index in [1.165, 1.54) is 0 Å². The molecule has 1 N–H and O–H groups in total. The number of hydrogen-bond acceptors (Lipinski definition) is 5. The van der Waals surface area contributed by atoms with E-state index in [-0.39, 0.29) is 11.9 Å². The highest BCUT2D eigenvalue weighted by molar-refractivity contribution is 6.35. The number of amides is 1. The number of carbonyl (C=O) groups excluding carboxylic acids is 1. The van der Waals surface area contributed by atoms with Crippen molar-refractivity contribution in [1.29, 1.82) is 0 Å². The Labute approximate surface area is 197 Å². The van der Waals surface area contributed by atoms with Gasteiger partial charge in [0.25, 0.3) is 5.91 Å². The molecule has 9 heteroatoms. The molecule has 3 aliphatic rings. The summed E-state index contributed by atoms with van der Waals surface area (Å²) >= 11 is 12.5. The molecular formula is C23H28Cl2N4O3. The Morgan fingerprint density at radius 1 is 1.16 bits per heavy atom. The standard InChI is InChI=1S/C23H28Cl2N4O3/c24-17-3-4-20(19(25)11-17)29-22(15-1-2-15)18(12-27-29)23(30)26-13-21(16-5-8-32-14-16)28-6-9-31-10-7-28/h3-4,11-12,15-16,21H,1-2,5-10,13-14H2,(H,26,30). The van der Waals surface area contributed by atoms with Crippen LogP contribution in [-0.2, 0) is 9.47 Å². The number of morpholine rings is 1. The van der Waals surface area contributed by atoms with Crippen molar-refractivity contribution >= 4 is 29.1 Å². The van der Waals surface area contributed by atoms with E-state index in [1.807, 2.05) is 6.07 Å². The van der Waals surface area contributed by atoms with Gasteiger partial charge in [-0.1, -0.05) is 23.2 Å². The van der Waals surface area contributed by atoms with Crippen molar-refractivity contribution in [3.63, 3.8) is 0 Å². The Kier molecular flexibility index (Phi) is 6.71. The minimum Gasteiger partial charge on any atom is -0.381 e. The number of nitrogens with one attached hydrogen (secondary N) is 1. The van der Waals surface area contributed by atoms with Crippen molar-refractivity contribution in [2.75, 3.05) is 46.1 Å². The summed E-state index contributed by atoms with van der Waals surface area (Å²) in [4.78, 5) is 15.7. The fourth-order valence-corrected chi connectivity index (χ4v) is 5.27. The van der Waals surface area contributed by atoms with Crippen LogP contribution in [0, 0.1) is 5.92 Å². The van der Waals surface area contributed by atoms with Crippen LogP contribution in [0.1, 0.15) is 41.2 Å². The maximum Gasteiger partial charge on any atom is 0.254 e. The summed E-state index contributed by atoms with van der Waals surface area (Å²) in [7, 11) is 0. The minimum absolute atomic E-state index is 0.0830. The van der Waals surface area contributed by atoms with E-state index in [0.717, 1.165) is 70.2 Å². The number of benzene rings is 1. The van der Waals surface area contributed by atoms with Crippen LogP contribution in [0.4, 0.5) is 0 Å². The molecule has 3 fully saturated rings. The zero-order valence-electron chi connectivity index (χ0n) is 17.9. The number of hydrogen-bond donors (Lipinski definition) is 1. The first-order valence-electron chi connectivity index (χ1n) is 11.3. The highest BCUT2D eigenvalue weighted by atomic mass is 35.5. The highest BCUT2D eigenvalue weighted by Crippen LogP contribution is 2.43. The molecule has 0 spiro atoms. The van der Waals surface area contributed by atoms with Gasteiger partial charge < -0.3 is 14.8 Å². The molecule has 1 saturated carbocycles. The first kappa shape index (κ1) is 22.2. The molecule has 32 heavy (non-hydrogen) atoms. The van der Waals surface area contributed by atoms with Gasteiger partial charge in [-0.15, -0.1) is 0 Å². The Morgan fingerprint density at radius 2 is 1.97 bits per heavy atom. The van der Waals surface area contributed by atoms with Gasteiger partial charge in [0.05, 0.1) is 48.0 Å². The summed E-state index contributed by atoms with van der Waals surface area (Å²) in [6.45, 7) is 5.37. The van der Waals surface area contributed by atoms with Gasteiger partial charge in [-0.2, -0.15) is 5.10 Å². The molecule has 2 aromatic rings. The molecule has 2 atom stereocenters. The Balaban J connectivity index is 1.35. The molecule has 172 valence electrons. The van der Waals surface area contributed by atoms with Gasteiger partial charge in [0, 0.05) is 49.1 Å². The summed E-state index contributed by atoms with van der Waals surface area (Å²) < 4.78 is 13.0. The van der Waals surface area contributed by atoms with E-state index in [0.29, 0.717) is 34.0 Å². The summed E-state index contributed by atoms with van der Waals surface area (Å²) in [5.74, 6) is 0.663. The van der Waals surface area contributed by atoms with E-state index < -0.39 is 0 Å². The molecule has 5 rings (SSSR count). The summed E-state index contributed by atoms with van der Waals surface area (Å²) in [5.41, 5.74) is 2.30. The second-order valence-electron chi connectivity index (χ2n) is 8.77. The first-order valence-corrected chi connectivity index (χ1v) is 12.1. The van der Waals surface area contributed by atoms with Crippen molar-refractivity contribution < 1.29 is 14.3 Å². The number of aromatic nitrogens is 2. The third kappa shape index (κ3) is 4.68. The molecule has 1 aromatic heterocycles. The zero-order chi connectivity index (χ0) is 22.1. The third-order valence-electron chi connectivity index (χ3n) is 6.65. The van der Waals surface area contributed by atoms with Crippen molar-refractivity contribution in [1.82, 2.24) is 20.0 Å². The summed E-state index contributed by atoms with van der Waals surface area (Å²) in [5, 5.41) is 8.82. The molecule has 0 radical (unpaired) electrons. The molecule has 2 unspecified atom stereocenters. The second kappa shape index (κ2) is 9.69. The number of halogens is 2. The van der Waals surface area contributed by atoms with Crippen LogP contribution in [0.3, 0.4) is 0 Å². The van der Waals surface area contributed by atoms with Crippen LogP contribution in [0.15, 0.2) is 24.4 Å². The number of rotatable bonds is 7. The fourth-order valence-electron chi connectivity index (χ4n) is 4.78. The van der Waals surface area contributed by atoms with Crippen LogP contribution >= 0.6 is 23.2 Å². The lowest BCUT2D eigenvalue weighted by Crippen LogP contribution is -2.52. The quantitative estimate of drug-likeness (QED) is 0.658. The van der Waals surface area contributed by atoms with Gasteiger partial charge in [0.1, 0.15) is 0 Å². The maximum absolute atomic E-state index is 13.3. The average Bonchev–Trinajstić information content (AvgIpc) is 3.30. The average molecular weight is 479 g/mol. The number of nitrogens with zero attached hydrogens (tertiary/aromatic N) is 3. The number of ether oxygens (including phenoxy) is 2. The van der Waals surface area contributed by atoms with E-state index in [4.69, 9.17) is 32.7 Å². The topological polar surface area (TPSA) is 68.6 Å². The van der Waals surface area contributed by atoms with Crippen LogP contribution < -0.4 is 5.32 Å². The SMILES string of the molecule is O=C(NCC(C1CCOC1)N1CCOCC1)c1cnn(-c2ccc(Cl)cc2Cl)c1C1CC1. The molecule has 1 aromatic carbocycles. The number of carbonyl (C=O) groups is 1. The Morgan fingerprint density at radius 3 is 2.66 bits per heavy atom. The molecule has 3 heterocycles. The van der Waals surface area contributed by atoms with Crippen molar-refractivity contribution in [2.45, 2.75) is 31.2 Å². The summed E-state index contributed by atoms with van der Waals surface area (Å²) in [6.07, 6.45) is 4.79. The van der Waals surface area contributed by atoms with Gasteiger partial charge in [-0.3, -0.25) is 9.69 Å². The molecule has 7 nitrogen and oxygen atoms in total. The predicted molar refractivity (Wildman–Crippen MR) is 123 cm³/mol. The Bertz CT molecular complexity index is 966. The van der Waals surface area contributed by atoms with E-state index >= 15 is 0 Å². The predicted octanol–water partition coefficient (Wildman–Crippen LogP) is 3.52. The smallest absolute Gasteiger partial charge is 0.254 e. The zero-order valence-corrected chi connectivity index (χ0v) is 19.4. The van der Waals surface area contributed by atoms with Gasteiger partial charge in [-0.25, -0.2) is 4.68 Å². The molecule has 0 bridgehead atoms. The first-order chi connectivity index (χ1) is 15.6. The minimum atomic E-state index is -0.0830. The largest absolute Gasteiger partial charge is 0.381 e. The van der Waals surface area contributed by atoms with Gasteiger partial charge in [0.15, 0.2) is 0 Å². The highest BCUT2D eigenvalue weighted by Gasteiger charge is 2.35. The van der Waals surface area contributed by atoms with E-state index in [2.05, 4.69) is 15.3 Å². The molecular weight excluding hydrogens is 451 g/mol. The lowest BCUT2D eigenvalue weighted by molar-refractivity contribution is 0.00166. The van der Waals surface area contributed by atoms with Crippen molar-refractivity contribution in [2.24, 2.45) is 5.92 Å². The van der Waals surface area contributed by atoms with E-state index in [9.17, 15) is 4.79 Å². The lowest BCUT2D eigenvalue weighted by Gasteiger charge is -2.37. The van der Waals surface area contributed by atoms with Gasteiger partial charge >= 0.3 is 0 Å². The summed E-state index contributed by atoms with van der Waals surface area (Å²) in [6, 6.07) is 5.58. The normalized spacial score (nSPS) is 22.8. The van der Waals surface area contributed by atoms with Gasteiger partial charge in [-0.05, 0) is 37.5 Å². The molecule has 2 saturated heterocycles. The van der Waals surface area contributed by atoms with Crippen LogP contribution in [0.25, 0.3) is 5.69 Å². The van der Waals surface area contributed by atoms with Crippen LogP contribution in [0.2, 0.25) is 10.0 Å². The molecule has 1 aliphatic carbocycles. The fraction of sp³-hybridized carbons (Fsp3) is 0.565. The molecule has 1 amide bonds. The van der Waals surface area contributed by atoms with Crippen molar-refractivity contribution in [3.05, 3.63) is 45.7 Å². The monoisotopic (exact) mass is 478 g/mol. The van der Waals surface area contributed by atoms with E-state index in [1.54, 1.807) is 23.0 Å². The molecule has 2 aliphatic heterocycles. The van der Waals surface area contributed by atoms with Crippen LogP contribution in [0.5, 0.6) is 0 Å². The lowest BCUT2D eigenvalue weighted by atomic mass is 9.96. The van der Waals surface area contributed by atoms with Gasteiger partial charge in [0.2, 0.25) is 0 Å². The van der Waals surface area contributed by atoms with Crippen molar-refractivity contribution in [3.8, 4) is 5.69 Å². The maximum atomic E-state index is 13.3.